The molecular formula is C26H17F9O3S2. The largest absolute Gasteiger partial charge is 0.460 e. The first-order valence-corrected chi connectivity index (χ1v) is 12.8. The Bertz CT molecular complexity index is 1590. The number of halogens is 9. The predicted octanol–water partition coefficient (Wildman–Crippen LogP) is 8.76. The molecule has 4 rings (SSSR count). The molecule has 0 heterocycles. The number of hydrogen-bond donors (Lipinski definition) is 2. The molecule has 40 heavy (non-hydrogen) atoms. The first-order chi connectivity index (χ1) is 18.3. The molecule has 214 valence electrons. The number of rotatable bonds is 5. The summed E-state index contributed by atoms with van der Waals surface area (Å²) in [5, 5.41) is -4.59. The molecule has 4 aromatic rings. The fraction of sp³-hybridized carbons (Fsp3) is 0.154. The smallest absolute Gasteiger partial charge is 0.281 e. The quantitative estimate of drug-likeness (QED) is 0.135. The second kappa shape index (κ2) is 11.0. The summed E-state index contributed by atoms with van der Waals surface area (Å²) in [7, 11) is -7.17. The molecule has 3 nitrogen and oxygen atoms in total. The molecular weight excluding hydrogens is 595 g/mol. The van der Waals surface area contributed by atoms with E-state index in [4.69, 9.17) is 17.2 Å². The Kier molecular flexibility index (Phi) is 8.59. The van der Waals surface area contributed by atoms with Crippen LogP contribution in [0.1, 0.15) is 0 Å². The fourth-order valence-electron chi connectivity index (χ4n) is 3.59. The van der Waals surface area contributed by atoms with Crippen LogP contribution in [-0.4, -0.2) is 36.2 Å². The van der Waals surface area contributed by atoms with Gasteiger partial charge in [0.05, 0.1) is 0 Å². The standard InChI is InChI=1S/C22H16S.C4HF9O3S/c23-22-19-14-8-7-13-18(19)15-20(16-9-3-1-4-10-16)21(22)17-11-5-2-6-12-17;5-1(6,3(9,10)11)2(7,8)4(12,13)17(14,15)16/h1-15,23H;(H,14,15,16). The summed E-state index contributed by atoms with van der Waals surface area (Å²) in [6.45, 7) is 0. The van der Waals surface area contributed by atoms with Crippen molar-refractivity contribution in [3.05, 3.63) is 91.0 Å². The van der Waals surface area contributed by atoms with E-state index < -0.39 is 33.4 Å². The maximum Gasteiger partial charge on any atom is 0.460 e. The van der Waals surface area contributed by atoms with Crippen LogP contribution in [0.15, 0.2) is 95.9 Å². The van der Waals surface area contributed by atoms with Gasteiger partial charge in [0, 0.05) is 10.5 Å². The van der Waals surface area contributed by atoms with Gasteiger partial charge in [-0.2, -0.15) is 47.9 Å². The minimum Gasteiger partial charge on any atom is -0.281 e. The number of thiol groups is 1. The van der Waals surface area contributed by atoms with E-state index in [0.717, 1.165) is 4.90 Å². The molecule has 0 spiro atoms. The first-order valence-electron chi connectivity index (χ1n) is 10.9. The second-order valence-electron chi connectivity index (χ2n) is 8.24. The van der Waals surface area contributed by atoms with Crippen LogP contribution in [0.2, 0.25) is 0 Å². The van der Waals surface area contributed by atoms with Gasteiger partial charge < -0.3 is 0 Å². The predicted molar refractivity (Wildman–Crippen MR) is 135 cm³/mol. The van der Waals surface area contributed by atoms with Gasteiger partial charge in [-0.05, 0) is 33.5 Å². The van der Waals surface area contributed by atoms with Crippen LogP contribution < -0.4 is 0 Å². The highest BCUT2D eigenvalue weighted by Gasteiger charge is 2.85. The van der Waals surface area contributed by atoms with Crippen LogP contribution in [0.25, 0.3) is 33.0 Å². The number of fused-ring (bicyclic) bond motifs is 1. The van der Waals surface area contributed by atoms with Crippen molar-refractivity contribution in [2.24, 2.45) is 0 Å². The highest BCUT2D eigenvalue weighted by atomic mass is 32.2. The monoisotopic (exact) mass is 612 g/mol. The minimum absolute atomic E-state index is 1.04. The number of alkyl halides is 9. The molecule has 0 aliphatic rings. The Hall–Kier alpha value is -3.23. The summed E-state index contributed by atoms with van der Waals surface area (Å²) >= 11 is 4.90. The van der Waals surface area contributed by atoms with E-state index in [1.807, 2.05) is 12.1 Å². The van der Waals surface area contributed by atoms with Crippen molar-refractivity contribution in [1.29, 1.82) is 0 Å². The molecule has 0 saturated heterocycles. The van der Waals surface area contributed by atoms with Crippen LogP contribution >= 0.6 is 12.6 Å². The van der Waals surface area contributed by atoms with E-state index in [1.165, 1.54) is 33.0 Å². The Morgan fingerprint density at radius 1 is 0.625 bits per heavy atom. The first kappa shape index (κ1) is 31.3. The lowest BCUT2D eigenvalue weighted by molar-refractivity contribution is -0.382. The van der Waals surface area contributed by atoms with Crippen LogP contribution in [0.4, 0.5) is 39.5 Å². The van der Waals surface area contributed by atoms with Gasteiger partial charge in [-0.3, -0.25) is 4.55 Å². The van der Waals surface area contributed by atoms with E-state index in [1.54, 1.807) is 0 Å². The van der Waals surface area contributed by atoms with E-state index in [9.17, 15) is 47.9 Å². The van der Waals surface area contributed by atoms with Gasteiger partial charge in [-0.1, -0.05) is 84.9 Å². The van der Waals surface area contributed by atoms with Crippen molar-refractivity contribution in [2.45, 2.75) is 28.2 Å². The van der Waals surface area contributed by atoms with E-state index in [0.29, 0.717) is 0 Å². The van der Waals surface area contributed by atoms with Crippen molar-refractivity contribution in [1.82, 2.24) is 0 Å². The third kappa shape index (κ3) is 5.65. The zero-order chi connectivity index (χ0) is 30.1. The zero-order valence-electron chi connectivity index (χ0n) is 19.7. The van der Waals surface area contributed by atoms with E-state index >= 15 is 0 Å². The molecule has 4 aromatic carbocycles. The molecule has 0 bridgehead atoms. The SMILES string of the molecule is O=S(=O)(O)C(F)(F)C(F)(F)C(F)(F)C(F)(F)F.Sc1c(-c2ccccc2)c(-c2ccccc2)cc2ccccc12. The Balaban J connectivity index is 0.000000234. The van der Waals surface area contributed by atoms with Crippen molar-refractivity contribution >= 4 is 33.5 Å². The third-order valence-electron chi connectivity index (χ3n) is 5.61. The van der Waals surface area contributed by atoms with Gasteiger partial charge in [-0.15, -0.1) is 12.6 Å². The van der Waals surface area contributed by atoms with Crippen LogP contribution in [0.5, 0.6) is 0 Å². The normalized spacial score (nSPS) is 13.1. The van der Waals surface area contributed by atoms with Crippen molar-refractivity contribution < 1.29 is 52.5 Å². The number of hydrogen-bond acceptors (Lipinski definition) is 3. The summed E-state index contributed by atoms with van der Waals surface area (Å²) in [5.74, 6) is -14.7. The van der Waals surface area contributed by atoms with Gasteiger partial charge in [0.15, 0.2) is 0 Å². The van der Waals surface area contributed by atoms with Crippen molar-refractivity contribution in [3.63, 3.8) is 0 Å². The van der Waals surface area contributed by atoms with Gasteiger partial charge in [-0.25, -0.2) is 0 Å². The highest BCUT2D eigenvalue weighted by Crippen LogP contribution is 2.54. The molecule has 0 unspecified atom stereocenters. The van der Waals surface area contributed by atoms with Crippen molar-refractivity contribution in [3.8, 4) is 22.3 Å². The summed E-state index contributed by atoms with van der Waals surface area (Å²) in [5.41, 5.74) is 4.83. The topological polar surface area (TPSA) is 54.4 Å². The summed E-state index contributed by atoms with van der Waals surface area (Å²) < 4.78 is 134. The average Bonchev–Trinajstić information content (AvgIpc) is 2.88. The van der Waals surface area contributed by atoms with E-state index in [-0.39, 0.29) is 0 Å². The van der Waals surface area contributed by atoms with E-state index in [2.05, 4.69) is 78.9 Å². The molecule has 1 N–H and O–H groups in total. The zero-order valence-corrected chi connectivity index (χ0v) is 21.4. The third-order valence-corrected chi connectivity index (χ3v) is 6.98. The summed E-state index contributed by atoms with van der Waals surface area (Å²) in [6, 6.07) is 31.7. The van der Waals surface area contributed by atoms with Gasteiger partial charge >= 0.3 is 33.4 Å². The molecule has 0 amide bonds. The number of benzene rings is 4. The van der Waals surface area contributed by atoms with Gasteiger partial charge in [0.25, 0.3) is 0 Å². The molecule has 0 atom stereocenters. The molecule has 0 saturated carbocycles. The molecule has 0 aliphatic carbocycles. The minimum atomic E-state index is -7.37. The molecule has 0 fully saturated rings. The molecule has 0 aliphatic heterocycles. The Labute approximate surface area is 227 Å². The summed E-state index contributed by atoms with van der Waals surface area (Å²) in [6.07, 6.45) is -7.13. The Morgan fingerprint density at radius 3 is 1.55 bits per heavy atom. The Morgan fingerprint density at radius 2 is 1.07 bits per heavy atom. The molecule has 14 heteroatoms. The lowest BCUT2D eigenvalue weighted by atomic mass is 9.91. The van der Waals surface area contributed by atoms with Crippen molar-refractivity contribution in [2.75, 3.05) is 0 Å². The second-order valence-corrected chi connectivity index (χ2v) is 10.1. The maximum atomic E-state index is 12.2. The lowest BCUT2D eigenvalue weighted by Gasteiger charge is -2.31. The van der Waals surface area contributed by atoms with Crippen LogP contribution in [0.3, 0.4) is 0 Å². The lowest BCUT2D eigenvalue weighted by Crippen LogP contribution is -2.63. The fourth-order valence-corrected chi connectivity index (χ4v) is 4.50. The highest BCUT2D eigenvalue weighted by molar-refractivity contribution is 7.87. The summed E-state index contributed by atoms with van der Waals surface area (Å²) in [4.78, 5) is 1.04. The van der Waals surface area contributed by atoms with Crippen LogP contribution in [-0.2, 0) is 10.1 Å². The van der Waals surface area contributed by atoms with Gasteiger partial charge in [0.1, 0.15) is 0 Å². The van der Waals surface area contributed by atoms with Crippen LogP contribution in [0, 0.1) is 0 Å². The van der Waals surface area contributed by atoms with Gasteiger partial charge in [0.2, 0.25) is 0 Å². The molecule has 0 radical (unpaired) electrons. The average molecular weight is 613 g/mol. The maximum absolute atomic E-state index is 12.2. The molecule has 0 aromatic heterocycles.